The molecule has 0 aliphatic carbocycles. The van der Waals surface area contributed by atoms with E-state index in [-0.39, 0.29) is 0 Å². The molecule has 0 saturated carbocycles. The van der Waals surface area contributed by atoms with Crippen LogP contribution in [0.3, 0.4) is 0 Å². The predicted molar refractivity (Wildman–Crippen MR) is 64.7 cm³/mol. The van der Waals surface area contributed by atoms with Gasteiger partial charge in [-0.3, -0.25) is 4.98 Å². The van der Waals surface area contributed by atoms with Gasteiger partial charge in [0.1, 0.15) is 0 Å². The molecule has 1 saturated heterocycles. The van der Waals surface area contributed by atoms with Crippen molar-refractivity contribution in [3.8, 4) is 0 Å². The van der Waals surface area contributed by atoms with E-state index in [1.807, 2.05) is 25.5 Å². The highest BCUT2D eigenvalue weighted by atomic mass is 16.5. The van der Waals surface area contributed by atoms with Gasteiger partial charge in [-0.15, -0.1) is 0 Å². The zero-order valence-corrected chi connectivity index (χ0v) is 9.72. The highest BCUT2D eigenvalue weighted by Gasteiger charge is 2.16. The first kappa shape index (κ1) is 11.4. The van der Waals surface area contributed by atoms with Gasteiger partial charge in [-0.05, 0) is 25.6 Å². The lowest BCUT2D eigenvalue weighted by Crippen LogP contribution is -2.28. The van der Waals surface area contributed by atoms with Gasteiger partial charge in [0, 0.05) is 25.8 Å². The number of ether oxygens (including phenoxy) is 1. The Morgan fingerprint density at radius 2 is 2.50 bits per heavy atom. The van der Waals surface area contributed by atoms with Crippen molar-refractivity contribution in [1.82, 2.24) is 10.3 Å². The topological polar surface area (TPSA) is 37.4 Å². The molecule has 0 spiro atoms. The third-order valence-electron chi connectivity index (χ3n) is 2.88. The van der Waals surface area contributed by atoms with E-state index in [4.69, 9.17) is 4.74 Å². The van der Waals surface area contributed by atoms with E-state index in [9.17, 15) is 0 Å². The zero-order valence-electron chi connectivity index (χ0n) is 9.72. The second-order valence-corrected chi connectivity index (χ2v) is 4.04. The molecular formula is C12H19N3O. The highest BCUT2D eigenvalue weighted by Crippen LogP contribution is 2.15. The average molecular weight is 221 g/mol. The van der Waals surface area contributed by atoms with Gasteiger partial charge in [-0.1, -0.05) is 0 Å². The van der Waals surface area contributed by atoms with Crippen LogP contribution in [0.25, 0.3) is 0 Å². The maximum absolute atomic E-state index is 5.77. The van der Waals surface area contributed by atoms with Crippen LogP contribution in [0.5, 0.6) is 0 Å². The van der Waals surface area contributed by atoms with Gasteiger partial charge in [-0.25, -0.2) is 0 Å². The Bertz CT molecular complexity index is 304. The summed E-state index contributed by atoms with van der Waals surface area (Å²) in [5.41, 5.74) is 1.19. The lowest BCUT2D eigenvalue weighted by atomic mass is 10.2. The number of hydrogen-bond acceptors (Lipinski definition) is 4. The third kappa shape index (κ3) is 2.93. The summed E-state index contributed by atoms with van der Waals surface area (Å²) in [7, 11) is 1.97. The maximum Gasteiger partial charge on any atom is 0.0717 e. The number of nitrogens with zero attached hydrogens (tertiary/aromatic N) is 2. The number of nitrogens with one attached hydrogen (secondary N) is 1. The minimum atomic E-state index is 0.340. The van der Waals surface area contributed by atoms with Crippen molar-refractivity contribution in [3.63, 3.8) is 0 Å². The Morgan fingerprint density at radius 3 is 3.25 bits per heavy atom. The van der Waals surface area contributed by atoms with Gasteiger partial charge in [-0.2, -0.15) is 0 Å². The van der Waals surface area contributed by atoms with Gasteiger partial charge in [0.15, 0.2) is 0 Å². The molecule has 2 heterocycles. The summed E-state index contributed by atoms with van der Waals surface area (Å²) in [4.78, 5) is 6.49. The van der Waals surface area contributed by atoms with Gasteiger partial charge < -0.3 is 15.0 Å². The molecule has 0 aromatic carbocycles. The van der Waals surface area contributed by atoms with Gasteiger partial charge in [0.2, 0.25) is 0 Å². The fourth-order valence-electron chi connectivity index (χ4n) is 2.01. The van der Waals surface area contributed by atoms with Crippen LogP contribution < -0.4 is 10.2 Å². The summed E-state index contributed by atoms with van der Waals surface area (Å²) in [6.45, 7) is 3.71. The first-order chi connectivity index (χ1) is 7.90. The number of aromatic nitrogens is 1. The van der Waals surface area contributed by atoms with Gasteiger partial charge in [0.25, 0.3) is 0 Å². The van der Waals surface area contributed by atoms with E-state index in [1.165, 1.54) is 5.69 Å². The van der Waals surface area contributed by atoms with Crippen LogP contribution in [-0.4, -0.2) is 44.4 Å². The minimum Gasteiger partial charge on any atom is -0.375 e. The van der Waals surface area contributed by atoms with E-state index in [1.54, 1.807) is 0 Å². The normalized spacial score (nSPS) is 21.8. The number of anilines is 1. The Morgan fingerprint density at radius 1 is 1.56 bits per heavy atom. The standard InChI is InChI=1S/C12H19N3O/c1-13-10-12-4-6-15(7-8-16-12)11-3-2-5-14-9-11/h2-3,5,9,12-13H,4,6-8,10H2,1H3. The molecule has 0 radical (unpaired) electrons. The summed E-state index contributed by atoms with van der Waals surface area (Å²) < 4.78 is 5.77. The summed E-state index contributed by atoms with van der Waals surface area (Å²) in [5, 5.41) is 3.16. The van der Waals surface area contributed by atoms with Crippen molar-refractivity contribution >= 4 is 5.69 Å². The van der Waals surface area contributed by atoms with Crippen molar-refractivity contribution in [3.05, 3.63) is 24.5 Å². The molecular weight excluding hydrogens is 202 g/mol. The van der Waals surface area contributed by atoms with Crippen LogP contribution in [0, 0.1) is 0 Å². The monoisotopic (exact) mass is 221 g/mol. The quantitative estimate of drug-likeness (QED) is 0.823. The van der Waals surface area contributed by atoms with Crippen molar-refractivity contribution < 1.29 is 4.74 Å². The van der Waals surface area contributed by atoms with Crippen LogP contribution in [0.2, 0.25) is 0 Å². The fraction of sp³-hybridized carbons (Fsp3) is 0.583. The number of hydrogen-bond donors (Lipinski definition) is 1. The highest BCUT2D eigenvalue weighted by molar-refractivity contribution is 5.43. The predicted octanol–water partition coefficient (Wildman–Crippen LogP) is 0.896. The Kier molecular flexibility index (Phi) is 4.13. The summed E-state index contributed by atoms with van der Waals surface area (Å²) in [6, 6.07) is 4.08. The molecule has 0 amide bonds. The second-order valence-electron chi connectivity index (χ2n) is 4.04. The first-order valence-electron chi connectivity index (χ1n) is 5.81. The van der Waals surface area contributed by atoms with Crippen molar-refractivity contribution in [2.75, 3.05) is 38.2 Å². The van der Waals surface area contributed by atoms with Gasteiger partial charge >= 0.3 is 0 Å². The van der Waals surface area contributed by atoms with Crippen LogP contribution in [0.15, 0.2) is 24.5 Å². The largest absolute Gasteiger partial charge is 0.375 e. The minimum absolute atomic E-state index is 0.340. The van der Waals surface area contributed by atoms with E-state index >= 15 is 0 Å². The summed E-state index contributed by atoms with van der Waals surface area (Å²) in [6.07, 6.45) is 5.13. The smallest absolute Gasteiger partial charge is 0.0717 e. The number of rotatable bonds is 3. The molecule has 2 rings (SSSR count). The molecule has 16 heavy (non-hydrogen) atoms. The molecule has 0 bridgehead atoms. The number of likely N-dealkylation sites (N-methyl/N-ethyl adjacent to an activating group) is 1. The zero-order chi connectivity index (χ0) is 11.2. The van der Waals surface area contributed by atoms with E-state index in [0.717, 1.165) is 32.7 Å². The molecule has 1 aliphatic heterocycles. The average Bonchev–Trinajstić information content (AvgIpc) is 2.57. The summed E-state index contributed by atoms with van der Waals surface area (Å²) in [5.74, 6) is 0. The van der Waals surface area contributed by atoms with Crippen LogP contribution >= 0.6 is 0 Å². The lowest BCUT2D eigenvalue weighted by Gasteiger charge is -2.21. The lowest BCUT2D eigenvalue weighted by molar-refractivity contribution is 0.0664. The number of pyridine rings is 1. The van der Waals surface area contributed by atoms with Crippen LogP contribution in [0.4, 0.5) is 5.69 Å². The SMILES string of the molecule is CNCC1CCN(c2cccnc2)CCO1. The fourth-order valence-corrected chi connectivity index (χ4v) is 2.01. The molecule has 1 aromatic rings. The molecule has 4 nitrogen and oxygen atoms in total. The molecule has 88 valence electrons. The molecule has 1 N–H and O–H groups in total. The van der Waals surface area contributed by atoms with E-state index in [0.29, 0.717) is 6.10 Å². The van der Waals surface area contributed by atoms with Crippen LogP contribution in [-0.2, 0) is 4.74 Å². The third-order valence-corrected chi connectivity index (χ3v) is 2.88. The van der Waals surface area contributed by atoms with Crippen molar-refractivity contribution in [2.24, 2.45) is 0 Å². The molecule has 1 unspecified atom stereocenters. The Balaban J connectivity index is 1.94. The maximum atomic E-state index is 5.77. The van der Waals surface area contributed by atoms with Crippen molar-refractivity contribution in [1.29, 1.82) is 0 Å². The molecule has 1 atom stereocenters. The Labute approximate surface area is 96.6 Å². The Hall–Kier alpha value is -1.13. The van der Waals surface area contributed by atoms with Crippen molar-refractivity contribution in [2.45, 2.75) is 12.5 Å². The second kappa shape index (κ2) is 5.82. The van der Waals surface area contributed by atoms with E-state index < -0.39 is 0 Å². The molecule has 1 fully saturated rings. The molecule has 4 heteroatoms. The van der Waals surface area contributed by atoms with Gasteiger partial charge in [0.05, 0.1) is 24.6 Å². The van der Waals surface area contributed by atoms with E-state index in [2.05, 4.69) is 21.3 Å². The van der Waals surface area contributed by atoms with Crippen LogP contribution in [0.1, 0.15) is 6.42 Å². The molecule has 1 aromatic heterocycles. The summed E-state index contributed by atoms with van der Waals surface area (Å²) >= 11 is 0. The molecule has 1 aliphatic rings. The first-order valence-corrected chi connectivity index (χ1v) is 5.81.